The molecule has 2 atom stereocenters. The first-order valence-corrected chi connectivity index (χ1v) is 11.5. The van der Waals surface area contributed by atoms with Crippen LogP contribution >= 0.6 is 0 Å². The van der Waals surface area contributed by atoms with Gasteiger partial charge in [0, 0.05) is 11.6 Å². The number of hydrogen-bond acceptors (Lipinski definition) is 4. The van der Waals surface area contributed by atoms with Gasteiger partial charge in [-0.2, -0.15) is 0 Å². The molecule has 1 aliphatic heterocycles. The highest BCUT2D eigenvalue weighted by Gasteiger charge is 2.27. The molecule has 0 saturated heterocycles. The molecule has 1 aromatic carbocycles. The lowest BCUT2D eigenvalue weighted by Crippen LogP contribution is -2.43. The number of benzene rings is 1. The van der Waals surface area contributed by atoms with Gasteiger partial charge in [-0.15, -0.1) is 0 Å². The first-order chi connectivity index (χ1) is 16.1. The number of pyridine rings is 2. The number of azo groups is 2. The second kappa shape index (κ2) is 9.17. The van der Waals surface area contributed by atoms with E-state index in [1.807, 2.05) is 55.8 Å². The lowest BCUT2D eigenvalue weighted by Gasteiger charge is -2.26. The Morgan fingerprint density at radius 1 is 1.18 bits per heavy atom. The number of halogens is 1. The van der Waals surface area contributed by atoms with Crippen molar-refractivity contribution in [1.29, 1.82) is 0 Å². The molecule has 6 nitrogen and oxygen atoms in total. The molecule has 1 aliphatic carbocycles. The van der Waals surface area contributed by atoms with Crippen molar-refractivity contribution < 1.29 is 13.9 Å². The van der Waals surface area contributed by atoms with E-state index >= 15 is 0 Å². The molecule has 33 heavy (non-hydrogen) atoms. The fraction of sp³-hybridized carbons (Fsp3) is 0.346. The third kappa shape index (κ3) is 4.67. The SMILES string of the molecule is C[N+]1=NCC(c2ccc(Cc3cc(C(=O)N[C@H]4CCCC[C@@H]4F)nc4ccccc34)cn2)=C1. The maximum atomic E-state index is 14.3. The summed E-state index contributed by atoms with van der Waals surface area (Å²) in [5, 5.41) is 8.20. The van der Waals surface area contributed by atoms with E-state index in [0.29, 0.717) is 31.5 Å². The van der Waals surface area contributed by atoms with E-state index in [1.165, 1.54) is 0 Å². The minimum absolute atomic E-state index is 0.314. The molecule has 0 spiro atoms. The molecule has 0 unspecified atom stereocenters. The first-order valence-electron chi connectivity index (χ1n) is 11.5. The zero-order valence-corrected chi connectivity index (χ0v) is 18.7. The van der Waals surface area contributed by atoms with Crippen LogP contribution in [0.4, 0.5) is 4.39 Å². The Balaban J connectivity index is 1.40. The smallest absolute Gasteiger partial charge is 0.270 e. The number of carbonyl (C=O) groups excluding carboxylic acids is 1. The van der Waals surface area contributed by atoms with E-state index in [9.17, 15) is 9.18 Å². The normalized spacial score (nSPS) is 20.4. The fourth-order valence-electron chi connectivity index (χ4n) is 4.58. The zero-order valence-electron chi connectivity index (χ0n) is 18.7. The van der Waals surface area contributed by atoms with Gasteiger partial charge in [-0.25, -0.2) is 9.37 Å². The summed E-state index contributed by atoms with van der Waals surface area (Å²) >= 11 is 0. The van der Waals surface area contributed by atoms with Crippen LogP contribution in [0.1, 0.15) is 53.0 Å². The van der Waals surface area contributed by atoms with Gasteiger partial charge in [0.05, 0.1) is 22.8 Å². The minimum Gasteiger partial charge on any atom is -0.345 e. The van der Waals surface area contributed by atoms with Gasteiger partial charge in [-0.05, 0) is 53.7 Å². The van der Waals surface area contributed by atoms with Gasteiger partial charge in [0.15, 0.2) is 7.05 Å². The van der Waals surface area contributed by atoms with Crippen LogP contribution in [0.5, 0.6) is 0 Å². The molecule has 1 fully saturated rings. The van der Waals surface area contributed by atoms with Crippen molar-refractivity contribution in [2.24, 2.45) is 5.11 Å². The Bertz CT molecular complexity index is 1250. The molecule has 3 aromatic rings. The highest BCUT2D eigenvalue weighted by molar-refractivity contribution is 5.96. The second-order valence-corrected chi connectivity index (χ2v) is 8.82. The van der Waals surface area contributed by atoms with Crippen LogP contribution in [-0.2, 0) is 6.42 Å². The van der Waals surface area contributed by atoms with E-state index < -0.39 is 12.2 Å². The van der Waals surface area contributed by atoms with Gasteiger partial charge in [-0.1, -0.05) is 41.8 Å². The van der Waals surface area contributed by atoms with E-state index in [1.54, 1.807) is 4.70 Å². The molecule has 3 heterocycles. The Morgan fingerprint density at radius 3 is 2.79 bits per heavy atom. The zero-order chi connectivity index (χ0) is 22.8. The largest absolute Gasteiger partial charge is 0.345 e. The molecule has 7 heteroatoms. The van der Waals surface area contributed by atoms with Crippen molar-refractivity contribution in [2.75, 3.05) is 13.6 Å². The Hall–Kier alpha value is -3.48. The molecule has 1 amide bonds. The van der Waals surface area contributed by atoms with E-state index in [0.717, 1.165) is 46.1 Å². The average Bonchev–Trinajstić information content (AvgIpc) is 3.27. The molecule has 5 rings (SSSR count). The standard InChI is InChI=1S/C26H26FN5O/c1-32-16-19(15-29-32)22-11-10-17(14-28-22)12-18-13-25(30-23-8-4-2-6-20(18)23)26(33)31-24-9-5-3-7-21(24)27/h2,4,6,8,10-11,13-14,16,21,24H,3,5,7,9,12,15H2,1H3/p+1/t21-,24-/m0/s1. The van der Waals surface area contributed by atoms with Crippen molar-refractivity contribution >= 4 is 22.4 Å². The highest BCUT2D eigenvalue weighted by atomic mass is 19.1. The number of carbonyl (C=O) groups is 1. The number of para-hydroxylation sites is 1. The predicted octanol–water partition coefficient (Wildman–Crippen LogP) is 4.68. The third-order valence-corrected chi connectivity index (χ3v) is 6.39. The number of nitrogens with zero attached hydrogens (tertiary/aromatic N) is 4. The van der Waals surface area contributed by atoms with Crippen LogP contribution in [0, 0.1) is 0 Å². The maximum Gasteiger partial charge on any atom is 0.270 e. The minimum atomic E-state index is -0.991. The molecule has 0 bridgehead atoms. The van der Waals surface area contributed by atoms with Crippen molar-refractivity contribution in [3.8, 4) is 0 Å². The van der Waals surface area contributed by atoms with Gasteiger partial charge >= 0.3 is 0 Å². The quantitative estimate of drug-likeness (QED) is 0.581. The van der Waals surface area contributed by atoms with E-state index in [-0.39, 0.29) is 5.91 Å². The van der Waals surface area contributed by atoms with Crippen LogP contribution in [0.15, 0.2) is 60.0 Å². The average molecular weight is 445 g/mol. The molecule has 2 aromatic heterocycles. The highest BCUT2D eigenvalue weighted by Crippen LogP contribution is 2.24. The van der Waals surface area contributed by atoms with Gasteiger partial charge in [-0.3, -0.25) is 9.78 Å². The maximum absolute atomic E-state index is 14.3. The summed E-state index contributed by atoms with van der Waals surface area (Å²) in [5.74, 6) is -0.314. The number of amides is 1. The summed E-state index contributed by atoms with van der Waals surface area (Å²) in [6.45, 7) is 0.636. The molecule has 2 aliphatic rings. The van der Waals surface area contributed by atoms with Crippen LogP contribution in [-0.4, -0.2) is 46.4 Å². The summed E-state index contributed by atoms with van der Waals surface area (Å²) < 4.78 is 16.1. The van der Waals surface area contributed by atoms with Crippen molar-refractivity contribution in [3.05, 3.63) is 77.4 Å². The number of aromatic nitrogens is 2. The molecule has 0 radical (unpaired) electrons. The molecule has 1 saturated carbocycles. The van der Waals surface area contributed by atoms with Crippen molar-refractivity contribution in [1.82, 2.24) is 15.3 Å². The Kier molecular flexibility index (Phi) is 5.94. The van der Waals surface area contributed by atoms with Crippen LogP contribution in [0.25, 0.3) is 16.5 Å². The molecule has 1 N–H and O–H groups in total. The lowest BCUT2D eigenvalue weighted by molar-refractivity contribution is -0.491. The van der Waals surface area contributed by atoms with E-state index in [4.69, 9.17) is 0 Å². The summed E-state index contributed by atoms with van der Waals surface area (Å²) in [7, 11) is 1.91. The van der Waals surface area contributed by atoms with Gasteiger partial charge < -0.3 is 5.32 Å². The number of hydrogen-bond donors (Lipinski definition) is 1. The fourth-order valence-corrected chi connectivity index (χ4v) is 4.58. The van der Waals surface area contributed by atoms with Gasteiger partial charge in [0.1, 0.15) is 18.4 Å². The predicted molar refractivity (Wildman–Crippen MR) is 125 cm³/mol. The number of fused-ring (bicyclic) bond motifs is 1. The van der Waals surface area contributed by atoms with Gasteiger partial charge in [0.2, 0.25) is 6.20 Å². The second-order valence-electron chi connectivity index (χ2n) is 8.82. The monoisotopic (exact) mass is 444 g/mol. The van der Waals surface area contributed by atoms with Gasteiger partial charge in [0.25, 0.3) is 5.91 Å². The molecular formula is C26H27FN5O+. The first kappa shape index (κ1) is 21.4. The van der Waals surface area contributed by atoms with Crippen molar-refractivity contribution in [3.63, 3.8) is 0 Å². The Labute approximate surface area is 192 Å². The number of rotatable bonds is 5. The van der Waals surface area contributed by atoms with E-state index in [2.05, 4.69) is 26.5 Å². The van der Waals surface area contributed by atoms with Crippen molar-refractivity contribution in [2.45, 2.75) is 44.3 Å². The van der Waals surface area contributed by atoms with Crippen LogP contribution in [0.2, 0.25) is 0 Å². The lowest BCUT2D eigenvalue weighted by atomic mass is 9.93. The third-order valence-electron chi connectivity index (χ3n) is 6.39. The summed E-state index contributed by atoms with van der Waals surface area (Å²) in [6.07, 6.45) is 6.48. The summed E-state index contributed by atoms with van der Waals surface area (Å²) in [4.78, 5) is 22.1. The summed E-state index contributed by atoms with van der Waals surface area (Å²) in [5.41, 5.74) is 5.13. The Morgan fingerprint density at radius 2 is 2.03 bits per heavy atom. The topological polar surface area (TPSA) is 70.2 Å². The number of alkyl halides is 1. The number of nitrogens with one attached hydrogen (secondary N) is 1. The van der Waals surface area contributed by atoms with Crippen LogP contribution in [0.3, 0.4) is 0 Å². The van der Waals surface area contributed by atoms with Crippen LogP contribution < -0.4 is 5.32 Å². The molecular weight excluding hydrogens is 417 g/mol. The molecule has 168 valence electrons. The summed E-state index contributed by atoms with van der Waals surface area (Å²) in [6, 6.07) is 13.3.